The third-order valence-electron chi connectivity index (χ3n) is 1.89. The van der Waals surface area contributed by atoms with Crippen LogP contribution in [0.3, 0.4) is 0 Å². The molecular formula is C11H22S. The molecule has 0 atom stereocenters. The molecule has 12 heavy (non-hydrogen) atoms. The fourth-order valence-corrected chi connectivity index (χ4v) is 1.87. The highest BCUT2D eigenvalue weighted by molar-refractivity contribution is 8.02. The third kappa shape index (κ3) is 5.70. The first-order valence-electron chi connectivity index (χ1n) is 4.82. The highest BCUT2D eigenvalue weighted by Crippen LogP contribution is 2.22. The smallest absolute Gasteiger partial charge is 0.0140 e. The van der Waals surface area contributed by atoms with E-state index in [0.717, 1.165) is 5.92 Å². The fraction of sp³-hybridized carbons (Fsp3) is 0.818. The van der Waals surface area contributed by atoms with Crippen LogP contribution in [-0.2, 0) is 0 Å². The zero-order valence-corrected chi connectivity index (χ0v) is 9.87. The molecule has 0 fully saturated rings. The molecule has 0 aliphatic rings. The lowest BCUT2D eigenvalue weighted by Crippen LogP contribution is -1.90. The highest BCUT2D eigenvalue weighted by atomic mass is 32.2. The van der Waals surface area contributed by atoms with Gasteiger partial charge in [-0.1, -0.05) is 33.8 Å². The second-order valence-corrected chi connectivity index (χ2v) is 4.82. The van der Waals surface area contributed by atoms with Crippen molar-refractivity contribution in [3.05, 3.63) is 11.0 Å². The van der Waals surface area contributed by atoms with E-state index in [2.05, 4.69) is 40.0 Å². The molecule has 0 heterocycles. The standard InChI is InChI=1S/C11H22S/c1-9(2)7-6-8-11(12-5)10(3)4/h8-10H,6-7H2,1-5H3/b11-8-. The lowest BCUT2D eigenvalue weighted by Gasteiger charge is -2.08. The van der Waals surface area contributed by atoms with Crippen LogP contribution in [0.4, 0.5) is 0 Å². The van der Waals surface area contributed by atoms with Gasteiger partial charge in [-0.25, -0.2) is 0 Å². The molecule has 0 aromatic rings. The van der Waals surface area contributed by atoms with E-state index >= 15 is 0 Å². The van der Waals surface area contributed by atoms with Gasteiger partial charge in [0.15, 0.2) is 0 Å². The Kier molecular flexibility index (Phi) is 6.64. The maximum atomic E-state index is 2.40. The van der Waals surface area contributed by atoms with Crippen LogP contribution in [0.15, 0.2) is 11.0 Å². The number of rotatable bonds is 5. The van der Waals surface area contributed by atoms with Gasteiger partial charge in [-0.3, -0.25) is 0 Å². The third-order valence-corrected chi connectivity index (χ3v) is 3.00. The zero-order valence-electron chi connectivity index (χ0n) is 9.05. The Labute approximate surface area is 81.8 Å². The van der Waals surface area contributed by atoms with Crippen LogP contribution in [0, 0.1) is 11.8 Å². The first-order valence-corrected chi connectivity index (χ1v) is 6.04. The Morgan fingerprint density at radius 3 is 2.17 bits per heavy atom. The molecule has 72 valence electrons. The van der Waals surface area contributed by atoms with Crippen LogP contribution >= 0.6 is 11.8 Å². The van der Waals surface area contributed by atoms with Gasteiger partial charge in [-0.15, -0.1) is 11.8 Å². The second-order valence-electron chi connectivity index (χ2n) is 3.94. The van der Waals surface area contributed by atoms with E-state index in [4.69, 9.17) is 0 Å². The summed E-state index contributed by atoms with van der Waals surface area (Å²) in [6.07, 6.45) is 7.12. The van der Waals surface area contributed by atoms with Crippen LogP contribution in [0.5, 0.6) is 0 Å². The Bertz CT molecular complexity index is 134. The van der Waals surface area contributed by atoms with Crippen molar-refractivity contribution < 1.29 is 0 Å². The van der Waals surface area contributed by atoms with Crippen molar-refractivity contribution in [3.8, 4) is 0 Å². The molecule has 0 radical (unpaired) electrons. The largest absolute Gasteiger partial charge is 0.134 e. The van der Waals surface area contributed by atoms with E-state index in [1.807, 2.05) is 11.8 Å². The van der Waals surface area contributed by atoms with E-state index in [1.54, 1.807) is 0 Å². The molecule has 0 aliphatic carbocycles. The quantitative estimate of drug-likeness (QED) is 0.616. The lowest BCUT2D eigenvalue weighted by molar-refractivity contribution is 0.592. The minimum absolute atomic E-state index is 0.701. The molecule has 1 heteroatoms. The lowest BCUT2D eigenvalue weighted by atomic mass is 10.1. The van der Waals surface area contributed by atoms with Gasteiger partial charge in [0, 0.05) is 0 Å². The van der Waals surface area contributed by atoms with Crippen molar-refractivity contribution in [1.29, 1.82) is 0 Å². The fourth-order valence-electron chi connectivity index (χ4n) is 1.11. The highest BCUT2D eigenvalue weighted by Gasteiger charge is 2.00. The molecule has 0 bridgehead atoms. The van der Waals surface area contributed by atoms with Crippen molar-refractivity contribution in [2.45, 2.75) is 40.5 Å². The number of thioether (sulfide) groups is 1. The van der Waals surface area contributed by atoms with E-state index in [-0.39, 0.29) is 0 Å². The zero-order chi connectivity index (χ0) is 9.56. The van der Waals surface area contributed by atoms with Crippen molar-refractivity contribution in [2.24, 2.45) is 11.8 Å². The van der Waals surface area contributed by atoms with Crippen molar-refractivity contribution in [2.75, 3.05) is 6.26 Å². The van der Waals surface area contributed by atoms with Gasteiger partial charge in [-0.05, 0) is 35.8 Å². The Balaban J connectivity index is 3.78. The normalized spacial score (nSPS) is 13.1. The van der Waals surface area contributed by atoms with Gasteiger partial charge >= 0.3 is 0 Å². The maximum absolute atomic E-state index is 2.40. The predicted octanol–water partition coefficient (Wildman–Crippen LogP) is 4.33. The van der Waals surface area contributed by atoms with E-state index < -0.39 is 0 Å². The van der Waals surface area contributed by atoms with Crippen molar-refractivity contribution >= 4 is 11.8 Å². The molecule has 0 amide bonds. The first kappa shape index (κ1) is 12.1. The minimum atomic E-state index is 0.701. The Morgan fingerprint density at radius 1 is 1.25 bits per heavy atom. The summed E-state index contributed by atoms with van der Waals surface area (Å²) >= 11 is 1.89. The summed E-state index contributed by atoms with van der Waals surface area (Å²) in [4.78, 5) is 1.54. The number of hydrogen-bond donors (Lipinski definition) is 0. The second kappa shape index (κ2) is 6.59. The average Bonchev–Trinajstić information content (AvgIpc) is 1.96. The summed E-state index contributed by atoms with van der Waals surface area (Å²) in [5.74, 6) is 1.53. The predicted molar refractivity (Wildman–Crippen MR) is 60.5 cm³/mol. The molecule has 0 aromatic carbocycles. The van der Waals surface area contributed by atoms with Crippen LogP contribution in [0.1, 0.15) is 40.5 Å². The van der Waals surface area contributed by atoms with Crippen LogP contribution in [0.2, 0.25) is 0 Å². The summed E-state index contributed by atoms with van der Waals surface area (Å²) < 4.78 is 0. The molecule has 0 aliphatic heterocycles. The number of hydrogen-bond acceptors (Lipinski definition) is 1. The van der Waals surface area contributed by atoms with Crippen LogP contribution < -0.4 is 0 Å². The molecule has 0 N–H and O–H groups in total. The van der Waals surface area contributed by atoms with Gasteiger partial charge in [0.25, 0.3) is 0 Å². The van der Waals surface area contributed by atoms with Crippen molar-refractivity contribution in [3.63, 3.8) is 0 Å². The van der Waals surface area contributed by atoms with Crippen molar-refractivity contribution in [1.82, 2.24) is 0 Å². The van der Waals surface area contributed by atoms with Gasteiger partial charge < -0.3 is 0 Å². The summed E-state index contributed by atoms with van der Waals surface area (Å²) in [6.45, 7) is 9.08. The van der Waals surface area contributed by atoms with Gasteiger partial charge in [-0.2, -0.15) is 0 Å². The summed E-state index contributed by atoms with van der Waals surface area (Å²) in [5, 5.41) is 0. The molecule has 0 aromatic heterocycles. The molecule has 0 rings (SSSR count). The molecule has 0 saturated heterocycles. The molecular weight excluding hydrogens is 164 g/mol. The Morgan fingerprint density at radius 2 is 1.83 bits per heavy atom. The van der Waals surface area contributed by atoms with E-state index in [0.29, 0.717) is 5.92 Å². The Hall–Kier alpha value is 0.0900. The summed E-state index contributed by atoms with van der Waals surface area (Å²) in [6, 6.07) is 0. The molecule has 0 spiro atoms. The molecule has 0 unspecified atom stereocenters. The molecule has 0 nitrogen and oxygen atoms in total. The van der Waals surface area contributed by atoms with Gasteiger partial charge in [0.1, 0.15) is 0 Å². The number of allylic oxidation sites excluding steroid dienone is 2. The molecule has 0 saturated carbocycles. The average molecular weight is 186 g/mol. The maximum Gasteiger partial charge on any atom is -0.0140 e. The summed E-state index contributed by atoms with van der Waals surface area (Å²) in [5.41, 5.74) is 0. The monoisotopic (exact) mass is 186 g/mol. The summed E-state index contributed by atoms with van der Waals surface area (Å²) in [7, 11) is 0. The van der Waals surface area contributed by atoms with Gasteiger partial charge in [0.2, 0.25) is 0 Å². The van der Waals surface area contributed by atoms with Crippen LogP contribution in [-0.4, -0.2) is 6.26 Å². The SMILES string of the molecule is CS/C(=C\CCC(C)C)C(C)C. The van der Waals surface area contributed by atoms with Gasteiger partial charge in [0.05, 0.1) is 0 Å². The topological polar surface area (TPSA) is 0 Å². The van der Waals surface area contributed by atoms with E-state index in [9.17, 15) is 0 Å². The minimum Gasteiger partial charge on any atom is -0.134 e. The van der Waals surface area contributed by atoms with Crippen LogP contribution in [0.25, 0.3) is 0 Å². The first-order chi connectivity index (χ1) is 5.57. The van der Waals surface area contributed by atoms with E-state index in [1.165, 1.54) is 17.7 Å².